The molecule has 1 amide bonds. The van der Waals surface area contributed by atoms with Gasteiger partial charge in [0.1, 0.15) is 0 Å². The maximum Gasteiger partial charge on any atom is 0.262 e. The fourth-order valence-corrected chi connectivity index (χ4v) is 5.02. The standard InChI is InChI=1S/C22H30ClN3O3S/c1-14-6-4-7-18(15(14)2)24-20(27)13-30-22-25-19-12-16(23)8-9-17(19)21(28)26(22)10-5-11-29-3/h8-9,12,14-15,18H,4-7,10-11,13H2,1-3H3,(H,24,27). The summed E-state index contributed by atoms with van der Waals surface area (Å²) >= 11 is 7.39. The van der Waals surface area contributed by atoms with Crippen LogP contribution in [0.3, 0.4) is 0 Å². The van der Waals surface area contributed by atoms with Crippen LogP contribution in [-0.2, 0) is 16.1 Å². The highest BCUT2D eigenvalue weighted by molar-refractivity contribution is 7.99. The van der Waals surface area contributed by atoms with Gasteiger partial charge < -0.3 is 10.1 Å². The van der Waals surface area contributed by atoms with Gasteiger partial charge in [-0.2, -0.15) is 0 Å². The number of benzene rings is 1. The highest BCUT2D eigenvalue weighted by Gasteiger charge is 2.28. The molecule has 1 aliphatic carbocycles. The lowest BCUT2D eigenvalue weighted by Gasteiger charge is -2.34. The lowest BCUT2D eigenvalue weighted by Crippen LogP contribution is -2.44. The first-order valence-corrected chi connectivity index (χ1v) is 11.9. The number of fused-ring (bicyclic) bond motifs is 1. The summed E-state index contributed by atoms with van der Waals surface area (Å²) < 4.78 is 6.76. The number of carbonyl (C=O) groups is 1. The van der Waals surface area contributed by atoms with E-state index in [0.717, 1.165) is 12.8 Å². The third-order valence-electron chi connectivity index (χ3n) is 6.00. The van der Waals surface area contributed by atoms with Gasteiger partial charge in [-0.1, -0.05) is 50.1 Å². The highest BCUT2D eigenvalue weighted by Crippen LogP contribution is 2.29. The minimum Gasteiger partial charge on any atom is -0.385 e. The monoisotopic (exact) mass is 451 g/mol. The third kappa shape index (κ3) is 5.56. The number of carbonyl (C=O) groups excluding carboxylic acids is 1. The van der Waals surface area contributed by atoms with E-state index in [0.29, 0.717) is 52.5 Å². The molecule has 1 aromatic heterocycles. The Balaban J connectivity index is 1.76. The first kappa shape index (κ1) is 23.1. The number of amides is 1. The number of methoxy groups -OCH3 is 1. The number of hydrogen-bond acceptors (Lipinski definition) is 5. The fourth-order valence-electron chi connectivity index (χ4n) is 4.01. The van der Waals surface area contributed by atoms with E-state index in [4.69, 9.17) is 16.3 Å². The summed E-state index contributed by atoms with van der Waals surface area (Å²) in [7, 11) is 1.64. The molecule has 8 heteroatoms. The Morgan fingerprint density at radius 2 is 2.17 bits per heavy atom. The molecule has 0 bridgehead atoms. The van der Waals surface area contributed by atoms with Crippen molar-refractivity contribution in [3.8, 4) is 0 Å². The molecule has 1 aromatic carbocycles. The normalized spacial score (nSPS) is 21.7. The van der Waals surface area contributed by atoms with Crippen LogP contribution >= 0.6 is 23.4 Å². The van der Waals surface area contributed by atoms with Crippen molar-refractivity contribution >= 4 is 40.2 Å². The van der Waals surface area contributed by atoms with E-state index >= 15 is 0 Å². The van der Waals surface area contributed by atoms with Gasteiger partial charge in [0.05, 0.1) is 16.7 Å². The van der Waals surface area contributed by atoms with Crippen LogP contribution in [0.4, 0.5) is 0 Å². The van der Waals surface area contributed by atoms with Crippen molar-refractivity contribution in [1.82, 2.24) is 14.9 Å². The van der Waals surface area contributed by atoms with Gasteiger partial charge in [-0.3, -0.25) is 14.2 Å². The van der Waals surface area contributed by atoms with Crippen molar-refractivity contribution in [2.24, 2.45) is 11.8 Å². The number of ether oxygens (including phenoxy) is 1. The topological polar surface area (TPSA) is 73.2 Å². The van der Waals surface area contributed by atoms with E-state index in [2.05, 4.69) is 24.1 Å². The Bertz CT molecular complexity index is 949. The SMILES string of the molecule is COCCCn1c(SCC(=O)NC2CCCC(C)C2C)nc2cc(Cl)ccc2c1=O. The van der Waals surface area contributed by atoms with Crippen LogP contribution < -0.4 is 10.9 Å². The van der Waals surface area contributed by atoms with Gasteiger partial charge in [0, 0.05) is 31.3 Å². The van der Waals surface area contributed by atoms with Crippen LogP contribution in [0.5, 0.6) is 0 Å². The van der Waals surface area contributed by atoms with Gasteiger partial charge in [-0.15, -0.1) is 0 Å². The van der Waals surface area contributed by atoms with Crippen molar-refractivity contribution < 1.29 is 9.53 Å². The van der Waals surface area contributed by atoms with Crippen molar-refractivity contribution in [1.29, 1.82) is 0 Å². The molecule has 1 fully saturated rings. The molecule has 3 atom stereocenters. The van der Waals surface area contributed by atoms with Crippen LogP contribution in [0, 0.1) is 11.8 Å². The Morgan fingerprint density at radius 3 is 2.93 bits per heavy atom. The molecule has 0 spiro atoms. The second kappa shape index (κ2) is 10.6. The summed E-state index contributed by atoms with van der Waals surface area (Å²) in [5.74, 6) is 1.30. The summed E-state index contributed by atoms with van der Waals surface area (Å²) in [5, 5.41) is 4.77. The molecule has 3 rings (SSSR count). The molecule has 1 N–H and O–H groups in total. The van der Waals surface area contributed by atoms with Crippen LogP contribution in [0.2, 0.25) is 5.02 Å². The number of hydrogen-bond donors (Lipinski definition) is 1. The molecule has 1 saturated carbocycles. The van der Waals surface area contributed by atoms with Gasteiger partial charge in [0.15, 0.2) is 5.16 Å². The molecule has 30 heavy (non-hydrogen) atoms. The molecular weight excluding hydrogens is 422 g/mol. The summed E-state index contributed by atoms with van der Waals surface area (Å²) in [6.45, 7) is 5.50. The first-order valence-electron chi connectivity index (χ1n) is 10.5. The molecule has 6 nitrogen and oxygen atoms in total. The van der Waals surface area contributed by atoms with Crippen molar-refractivity contribution in [2.75, 3.05) is 19.5 Å². The molecule has 1 heterocycles. The van der Waals surface area contributed by atoms with Crippen LogP contribution in [0.15, 0.2) is 28.2 Å². The van der Waals surface area contributed by atoms with Crippen molar-refractivity contribution in [3.05, 3.63) is 33.6 Å². The number of rotatable bonds is 8. The molecular formula is C22H30ClN3O3S. The van der Waals surface area contributed by atoms with Crippen molar-refractivity contribution in [3.63, 3.8) is 0 Å². The zero-order valence-electron chi connectivity index (χ0n) is 17.8. The van der Waals surface area contributed by atoms with Crippen LogP contribution in [-0.4, -0.2) is 41.0 Å². The number of thioether (sulfide) groups is 1. The lowest BCUT2D eigenvalue weighted by molar-refractivity contribution is -0.120. The van der Waals surface area contributed by atoms with Crippen molar-refractivity contribution in [2.45, 2.75) is 57.3 Å². The number of nitrogens with one attached hydrogen (secondary N) is 1. The number of halogens is 1. The first-order chi connectivity index (χ1) is 14.4. The zero-order chi connectivity index (χ0) is 21.7. The summed E-state index contributed by atoms with van der Waals surface area (Å²) in [4.78, 5) is 30.3. The van der Waals surface area contributed by atoms with Crippen LogP contribution in [0.1, 0.15) is 39.5 Å². The molecule has 0 saturated heterocycles. The van der Waals surface area contributed by atoms with Gasteiger partial charge in [-0.05, 0) is 42.9 Å². The molecule has 164 valence electrons. The average Bonchev–Trinajstić information content (AvgIpc) is 2.71. The maximum absolute atomic E-state index is 13.0. The van der Waals surface area contributed by atoms with Gasteiger partial charge in [0.25, 0.3) is 5.56 Å². The Kier molecular flexibility index (Phi) is 8.20. The van der Waals surface area contributed by atoms with Crippen LogP contribution in [0.25, 0.3) is 10.9 Å². The second-order valence-corrected chi connectivity index (χ2v) is 9.47. The minimum absolute atomic E-state index is 0.0187. The Hall–Kier alpha value is -1.57. The summed E-state index contributed by atoms with van der Waals surface area (Å²) in [5.41, 5.74) is 0.429. The Labute approximate surface area is 186 Å². The van der Waals surface area contributed by atoms with E-state index in [1.165, 1.54) is 18.2 Å². The second-order valence-electron chi connectivity index (χ2n) is 8.09. The molecule has 3 unspecified atom stereocenters. The summed E-state index contributed by atoms with van der Waals surface area (Å²) in [6.07, 6.45) is 4.08. The average molecular weight is 452 g/mol. The lowest BCUT2D eigenvalue weighted by atomic mass is 9.78. The van der Waals surface area contributed by atoms with E-state index < -0.39 is 0 Å². The largest absolute Gasteiger partial charge is 0.385 e. The fraction of sp³-hybridized carbons (Fsp3) is 0.591. The Morgan fingerprint density at radius 1 is 1.37 bits per heavy atom. The van der Waals surface area contributed by atoms with E-state index in [1.54, 1.807) is 29.9 Å². The van der Waals surface area contributed by atoms with Gasteiger partial charge in [-0.25, -0.2) is 4.98 Å². The smallest absolute Gasteiger partial charge is 0.262 e. The predicted molar refractivity (Wildman–Crippen MR) is 122 cm³/mol. The van der Waals surface area contributed by atoms with E-state index in [-0.39, 0.29) is 23.3 Å². The quantitative estimate of drug-likeness (QED) is 0.371. The zero-order valence-corrected chi connectivity index (χ0v) is 19.4. The molecule has 0 radical (unpaired) electrons. The summed E-state index contributed by atoms with van der Waals surface area (Å²) in [6, 6.07) is 5.30. The van der Waals surface area contributed by atoms with E-state index in [9.17, 15) is 9.59 Å². The number of nitrogens with zero attached hydrogens (tertiary/aromatic N) is 2. The number of aromatic nitrogens is 2. The molecule has 0 aliphatic heterocycles. The maximum atomic E-state index is 13.0. The molecule has 1 aliphatic rings. The highest BCUT2D eigenvalue weighted by atomic mass is 35.5. The van der Waals surface area contributed by atoms with Gasteiger partial charge in [0.2, 0.25) is 5.91 Å². The third-order valence-corrected chi connectivity index (χ3v) is 7.21. The van der Waals surface area contributed by atoms with E-state index in [1.807, 2.05) is 0 Å². The van der Waals surface area contributed by atoms with Gasteiger partial charge >= 0.3 is 0 Å². The molecule has 2 aromatic rings. The predicted octanol–water partition coefficient (Wildman–Crippen LogP) is 4.12. The minimum atomic E-state index is -0.120.